The van der Waals surface area contributed by atoms with Gasteiger partial charge in [-0.1, -0.05) is 0 Å². The van der Waals surface area contributed by atoms with Crippen LogP contribution in [0.1, 0.15) is 128 Å². The Bertz CT molecular complexity index is 1040. The minimum absolute atomic E-state index is 0.0360. The van der Waals surface area contributed by atoms with Gasteiger partial charge in [0.25, 0.3) is 0 Å². The highest BCUT2D eigenvalue weighted by atomic mass is 16.2. The first kappa shape index (κ1) is 44.8. The van der Waals surface area contributed by atoms with Crippen molar-refractivity contribution in [1.82, 2.24) is 47.3 Å². The maximum absolute atomic E-state index is 11.2. The second-order valence-corrected chi connectivity index (χ2v) is 18.1. The summed E-state index contributed by atoms with van der Waals surface area (Å²) >= 11 is 0. The van der Waals surface area contributed by atoms with Gasteiger partial charge in [0.2, 0.25) is 5.91 Å². The number of hydrazine groups is 3. The van der Waals surface area contributed by atoms with E-state index in [0.29, 0.717) is 19.0 Å². The van der Waals surface area contributed by atoms with Crippen LogP contribution in [-0.4, -0.2) is 99.8 Å². The molecule has 5 amide bonds. The molecule has 0 saturated carbocycles. The molecule has 0 aromatic carbocycles. The molecule has 3 heterocycles. The number of nitrogens with two attached hydrogens (primary N) is 3. The van der Waals surface area contributed by atoms with Gasteiger partial charge in [0.1, 0.15) is 0 Å². The number of nitrogens with one attached hydrogen (secondary N) is 7. The van der Waals surface area contributed by atoms with Crippen LogP contribution in [-0.2, 0) is 4.79 Å². The highest BCUT2D eigenvalue weighted by molar-refractivity contribution is 5.75. The largest absolute Gasteiger partial charge is 0.334 e. The Kier molecular flexibility index (Phi) is 15.8. The van der Waals surface area contributed by atoms with Gasteiger partial charge in [-0.05, 0) is 136 Å². The Morgan fingerprint density at radius 2 is 0.898 bits per heavy atom. The van der Waals surface area contributed by atoms with Gasteiger partial charge in [-0.15, -0.1) is 0 Å². The van der Waals surface area contributed by atoms with Gasteiger partial charge in [-0.25, -0.2) is 27.1 Å². The zero-order valence-electron chi connectivity index (χ0n) is 33.2. The molecule has 0 aliphatic carbocycles. The van der Waals surface area contributed by atoms with Crippen LogP contribution in [0, 0.1) is 0 Å². The van der Waals surface area contributed by atoms with E-state index in [2.05, 4.69) is 145 Å². The molecule has 15 heteroatoms. The minimum atomic E-state index is -0.312. The van der Waals surface area contributed by atoms with E-state index in [9.17, 15) is 14.4 Å². The lowest BCUT2D eigenvalue weighted by atomic mass is 9.77. The number of urea groups is 2. The summed E-state index contributed by atoms with van der Waals surface area (Å²) in [5.74, 6) is 15.1. The zero-order valence-corrected chi connectivity index (χ0v) is 33.2. The van der Waals surface area contributed by atoms with E-state index in [1.807, 2.05) is 0 Å². The van der Waals surface area contributed by atoms with Crippen molar-refractivity contribution in [2.45, 2.75) is 179 Å². The third-order valence-corrected chi connectivity index (χ3v) is 10.7. The molecular weight excluding hydrogens is 624 g/mol. The number of hydrogen-bond acceptors (Lipinski definition) is 10. The molecule has 3 rings (SSSR count). The Hall–Kier alpha value is -2.27. The third kappa shape index (κ3) is 14.5. The molecule has 15 nitrogen and oxygen atoms in total. The van der Waals surface area contributed by atoms with Crippen molar-refractivity contribution < 1.29 is 14.4 Å². The Morgan fingerprint density at radius 1 is 0.571 bits per heavy atom. The summed E-state index contributed by atoms with van der Waals surface area (Å²) in [7, 11) is 4.33. The van der Waals surface area contributed by atoms with Crippen LogP contribution in [0.4, 0.5) is 9.59 Å². The molecule has 3 fully saturated rings. The molecule has 3 aliphatic heterocycles. The van der Waals surface area contributed by atoms with E-state index >= 15 is 0 Å². The summed E-state index contributed by atoms with van der Waals surface area (Å²) in [6.45, 7) is 27.1. The first-order valence-electron chi connectivity index (χ1n) is 17.7. The monoisotopic (exact) mass is 699 g/mol. The molecular formula is C34H74N12O3. The van der Waals surface area contributed by atoms with Crippen molar-refractivity contribution in [2.75, 3.05) is 20.6 Å². The lowest BCUT2D eigenvalue weighted by Gasteiger charge is -2.53. The summed E-state index contributed by atoms with van der Waals surface area (Å²) in [6, 6.07) is 0.177. The number of carbonyl (C=O) groups is 3. The fraction of sp³-hybridized carbons (Fsp3) is 0.912. The Labute approximate surface area is 297 Å². The van der Waals surface area contributed by atoms with Crippen molar-refractivity contribution in [1.29, 1.82) is 0 Å². The number of hydrogen-bond donors (Lipinski definition) is 10. The van der Waals surface area contributed by atoms with Crippen LogP contribution in [0.3, 0.4) is 0 Å². The average molecular weight is 699 g/mol. The van der Waals surface area contributed by atoms with Gasteiger partial charge in [-0.3, -0.25) is 30.9 Å². The molecule has 0 aromatic rings. The molecule has 3 aliphatic rings. The van der Waals surface area contributed by atoms with E-state index in [4.69, 9.17) is 17.5 Å². The third-order valence-electron chi connectivity index (χ3n) is 10.7. The Balaban J connectivity index is 0.000000369. The highest BCUT2D eigenvalue weighted by Crippen LogP contribution is 2.38. The number of nitrogens with zero attached hydrogens (tertiary/aromatic N) is 2. The SMILES string of the molecule is CC1(C)CC(NC(=O)NN)CC(C)(C)N1.CN1C(C)(C)CC(NC(=O)NN)CC1(C)C.CN1C(C)(C)CC(NCCC(=O)NN)CC1(C)C. The lowest BCUT2D eigenvalue weighted by molar-refractivity contribution is -0.121. The number of rotatable bonds is 6. The molecule has 0 radical (unpaired) electrons. The summed E-state index contributed by atoms with van der Waals surface area (Å²) in [6.07, 6.45) is 6.30. The summed E-state index contributed by atoms with van der Waals surface area (Å²) in [4.78, 5) is 38.3. The second-order valence-electron chi connectivity index (χ2n) is 18.1. The van der Waals surface area contributed by atoms with E-state index in [1.54, 1.807) is 0 Å². The zero-order chi connectivity index (χ0) is 38.2. The van der Waals surface area contributed by atoms with Crippen molar-refractivity contribution in [3.05, 3.63) is 0 Å². The van der Waals surface area contributed by atoms with Crippen molar-refractivity contribution in [3.8, 4) is 0 Å². The number of carbonyl (C=O) groups excluding carboxylic acids is 3. The molecule has 49 heavy (non-hydrogen) atoms. The van der Waals surface area contributed by atoms with Crippen molar-refractivity contribution in [2.24, 2.45) is 17.5 Å². The summed E-state index contributed by atoms with van der Waals surface area (Å²) in [5.41, 5.74) is 6.95. The summed E-state index contributed by atoms with van der Waals surface area (Å²) in [5, 5.41) is 12.8. The van der Waals surface area contributed by atoms with Gasteiger partial charge in [0.05, 0.1) is 0 Å². The van der Waals surface area contributed by atoms with Crippen LogP contribution < -0.4 is 55.1 Å². The smallest absolute Gasteiger partial charge is 0.329 e. The maximum Gasteiger partial charge on any atom is 0.329 e. The second kappa shape index (κ2) is 17.3. The molecule has 13 N–H and O–H groups in total. The Morgan fingerprint density at radius 3 is 1.22 bits per heavy atom. The lowest BCUT2D eigenvalue weighted by Crippen LogP contribution is -2.63. The predicted octanol–water partition coefficient (Wildman–Crippen LogP) is 1.89. The van der Waals surface area contributed by atoms with Gasteiger partial charge in [0.15, 0.2) is 0 Å². The predicted molar refractivity (Wildman–Crippen MR) is 199 cm³/mol. The molecule has 3 saturated heterocycles. The van der Waals surface area contributed by atoms with E-state index < -0.39 is 0 Å². The summed E-state index contributed by atoms with van der Waals surface area (Å²) < 4.78 is 0. The fourth-order valence-electron chi connectivity index (χ4n) is 8.33. The molecule has 0 aromatic heterocycles. The van der Waals surface area contributed by atoms with Gasteiger partial charge >= 0.3 is 12.1 Å². The van der Waals surface area contributed by atoms with Crippen LogP contribution in [0.5, 0.6) is 0 Å². The molecule has 0 unspecified atom stereocenters. The first-order valence-corrected chi connectivity index (χ1v) is 17.7. The number of likely N-dealkylation sites (tertiary alicyclic amines) is 2. The van der Waals surface area contributed by atoms with Gasteiger partial charge < -0.3 is 21.3 Å². The van der Waals surface area contributed by atoms with Crippen LogP contribution >= 0.6 is 0 Å². The van der Waals surface area contributed by atoms with Gasteiger partial charge in [-0.2, -0.15) is 0 Å². The molecule has 0 spiro atoms. The van der Waals surface area contributed by atoms with Crippen molar-refractivity contribution in [3.63, 3.8) is 0 Å². The molecule has 0 bridgehead atoms. The maximum atomic E-state index is 11.2. The molecule has 0 atom stereocenters. The van der Waals surface area contributed by atoms with Crippen LogP contribution in [0.15, 0.2) is 0 Å². The minimum Gasteiger partial charge on any atom is -0.334 e. The van der Waals surface area contributed by atoms with Crippen LogP contribution in [0.25, 0.3) is 0 Å². The number of piperidine rings is 3. The standard InChI is InChI=1S/C13H28N4O.C11H24N4O.C10H22N4O/c1-12(2)8-10(9-13(3,4)17(12)5)15-7-6-11(18)16-14;1-10(2)6-8(13-9(16)14-12)7-11(3,4)15(10)5;1-9(2)5-7(12-8(15)13-11)6-10(3,4)14-9/h10,15H,6-9,14H2,1-5H3,(H,16,18);8H,6-7,12H2,1-5H3,(H2,13,14,16);7,14H,5-6,11H2,1-4H3,(H2,12,13,15). The highest BCUT2D eigenvalue weighted by Gasteiger charge is 2.44. The van der Waals surface area contributed by atoms with Crippen LogP contribution in [0.2, 0.25) is 0 Å². The topological polar surface area (TPSA) is 220 Å². The molecule has 288 valence electrons. The van der Waals surface area contributed by atoms with E-state index in [0.717, 1.165) is 38.5 Å². The first-order chi connectivity index (χ1) is 22.1. The van der Waals surface area contributed by atoms with E-state index in [1.165, 1.54) is 0 Å². The number of amides is 5. The normalized spacial score (nSPS) is 24.5. The quantitative estimate of drug-likeness (QED) is 0.110. The van der Waals surface area contributed by atoms with E-state index in [-0.39, 0.29) is 63.3 Å². The van der Waals surface area contributed by atoms with Crippen molar-refractivity contribution >= 4 is 18.0 Å². The fourth-order valence-corrected chi connectivity index (χ4v) is 8.33. The average Bonchev–Trinajstić information content (AvgIpc) is 2.92. The van der Waals surface area contributed by atoms with Gasteiger partial charge in [0, 0.05) is 64.3 Å².